The van der Waals surface area contributed by atoms with Crippen LogP contribution in [0.25, 0.3) is 0 Å². The molecular weight excluding hydrogens is 599 g/mol. The van der Waals surface area contributed by atoms with Gasteiger partial charge in [-0.1, -0.05) is 6.07 Å². The van der Waals surface area contributed by atoms with E-state index in [1.807, 2.05) is 0 Å². The number of aliphatic carboxylic acids is 3. The Morgan fingerprint density at radius 2 is 1.57 bits per heavy atom. The van der Waals surface area contributed by atoms with Crippen LogP contribution in [0.2, 0.25) is 0 Å². The number of carbonyl (C=O) groups is 4. The number of carboxylic acids is 3. The van der Waals surface area contributed by atoms with Crippen molar-refractivity contribution in [2.75, 3.05) is 7.11 Å². The van der Waals surface area contributed by atoms with Gasteiger partial charge in [0.05, 0.1) is 24.8 Å². The molecule has 0 saturated heterocycles. The highest BCUT2D eigenvalue weighted by Gasteiger charge is 2.38. The molecule has 2 rings (SSSR count). The maximum atomic E-state index is 12.4. The van der Waals surface area contributed by atoms with Gasteiger partial charge in [-0.25, -0.2) is 14.6 Å². The molecule has 0 bridgehead atoms. The lowest BCUT2D eigenvalue weighted by Crippen LogP contribution is -2.47. The van der Waals surface area contributed by atoms with Gasteiger partial charge in [0.1, 0.15) is 6.04 Å². The lowest BCUT2D eigenvalue weighted by atomic mass is 10.2. The second-order valence-corrected chi connectivity index (χ2v) is 9.22. The maximum absolute atomic E-state index is 12.4. The minimum absolute atomic E-state index is 0.0583. The van der Waals surface area contributed by atoms with Gasteiger partial charge in [0.25, 0.3) is 10.2 Å². The number of rotatable bonds is 12. The second kappa shape index (κ2) is 15.2. The predicted molar refractivity (Wildman–Crippen MR) is 136 cm³/mol. The summed E-state index contributed by atoms with van der Waals surface area (Å²) in [5, 5.41) is 24.8. The summed E-state index contributed by atoms with van der Waals surface area (Å²) in [6.45, 7) is -0.300. The number of carboxylic acid groups (broad SMARTS) is 3. The molecule has 0 spiro atoms. The van der Waals surface area contributed by atoms with Crippen molar-refractivity contribution in [3.05, 3.63) is 53.6 Å². The molecule has 1 unspecified atom stereocenters. The summed E-state index contributed by atoms with van der Waals surface area (Å²) in [7, 11) is -3.05. The van der Waals surface area contributed by atoms with Crippen LogP contribution in [-0.2, 0) is 31.1 Å². The van der Waals surface area contributed by atoms with Gasteiger partial charge < -0.3 is 36.3 Å². The van der Waals surface area contributed by atoms with Crippen molar-refractivity contribution in [3.63, 3.8) is 0 Å². The molecule has 0 aliphatic rings. The number of aliphatic imine (C=N–C) groups is 1. The van der Waals surface area contributed by atoms with Crippen molar-refractivity contribution in [1.29, 1.82) is 0 Å². The predicted octanol–water partition coefficient (Wildman–Crippen LogP) is 0.305. The Morgan fingerprint density at radius 1 is 1.00 bits per heavy atom. The first-order valence-electron chi connectivity index (χ1n) is 10.9. The number of esters is 1. The summed E-state index contributed by atoms with van der Waals surface area (Å²) in [4.78, 5) is 47.0. The molecule has 0 aromatic heterocycles. The van der Waals surface area contributed by atoms with Crippen LogP contribution in [0.3, 0.4) is 0 Å². The highest BCUT2D eigenvalue weighted by Crippen LogP contribution is 2.29. The normalized spacial score (nSPS) is 11.7. The molecule has 0 radical (unpaired) electrons. The zero-order chi connectivity index (χ0) is 32.3. The van der Waals surface area contributed by atoms with Gasteiger partial charge in [0, 0.05) is 6.54 Å². The SMILES string of the molecule is COc1cc(CNS(=O)(=O)NC(CC(=O)O)C(=O)O)ccc1OC(=O)c1ccc(N=C(N)N)cc1.O=C(O)C(F)(F)F. The van der Waals surface area contributed by atoms with Crippen LogP contribution in [0.1, 0.15) is 22.3 Å². The summed E-state index contributed by atoms with van der Waals surface area (Å²) >= 11 is 0. The molecule has 9 N–H and O–H groups in total. The zero-order valence-electron chi connectivity index (χ0n) is 21.3. The third kappa shape index (κ3) is 12.5. The van der Waals surface area contributed by atoms with Crippen LogP contribution in [0.15, 0.2) is 47.5 Å². The van der Waals surface area contributed by atoms with E-state index in [0.29, 0.717) is 11.3 Å². The fourth-order valence-corrected chi connectivity index (χ4v) is 3.65. The molecule has 0 saturated carbocycles. The molecule has 2 aromatic rings. The number of nitrogens with zero attached hydrogens (tertiary/aromatic N) is 1. The van der Waals surface area contributed by atoms with Crippen LogP contribution in [-0.4, -0.2) is 72.9 Å². The van der Waals surface area contributed by atoms with Crippen molar-refractivity contribution in [3.8, 4) is 11.5 Å². The number of halogens is 3. The first-order valence-corrected chi connectivity index (χ1v) is 12.4. The lowest BCUT2D eigenvalue weighted by Gasteiger charge is -2.14. The molecule has 0 amide bonds. The van der Waals surface area contributed by atoms with Gasteiger partial charge in [-0.15, -0.1) is 0 Å². The topological polar surface area (TPSA) is 270 Å². The number of hydrogen-bond donors (Lipinski definition) is 7. The summed E-state index contributed by atoms with van der Waals surface area (Å²) < 4.78 is 70.3. The van der Waals surface area contributed by atoms with Crippen molar-refractivity contribution in [2.24, 2.45) is 16.5 Å². The Kier molecular flexibility index (Phi) is 12.7. The smallest absolute Gasteiger partial charge is 0.490 e. The maximum Gasteiger partial charge on any atom is 0.490 e. The van der Waals surface area contributed by atoms with E-state index >= 15 is 0 Å². The number of alkyl halides is 3. The van der Waals surface area contributed by atoms with Gasteiger partial charge in [-0.3, -0.25) is 9.59 Å². The van der Waals surface area contributed by atoms with Crippen LogP contribution >= 0.6 is 0 Å². The van der Waals surface area contributed by atoms with Gasteiger partial charge in [0.15, 0.2) is 17.5 Å². The fourth-order valence-electron chi connectivity index (χ4n) is 2.65. The molecule has 0 fully saturated rings. The number of guanidine groups is 1. The van der Waals surface area contributed by atoms with E-state index < -0.39 is 52.7 Å². The number of benzene rings is 2. The molecule has 0 aliphatic carbocycles. The van der Waals surface area contributed by atoms with Crippen LogP contribution in [0, 0.1) is 0 Å². The quantitative estimate of drug-likeness (QED) is 0.0726. The molecule has 0 heterocycles. The van der Waals surface area contributed by atoms with Crippen molar-refractivity contribution in [2.45, 2.75) is 25.2 Å². The summed E-state index contributed by atoms with van der Waals surface area (Å²) in [5.74, 6) is -6.54. The zero-order valence-corrected chi connectivity index (χ0v) is 22.1. The van der Waals surface area contributed by atoms with Crippen molar-refractivity contribution < 1.29 is 65.6 Å². The Labute approximate surface area is 234 Å². The average molecular weight is 624 g/mol. The standard InChI is InChI=1S/C20H23N5O9S.C2HF3O2/c1-33-16-8-11(10-23-35(31,32)25-14(18(28)29)9-17(26)27)2-7-15(16)34-19(30)12-3-5-13(6-4-12)24-20(21)22;3-2(4,5)1(6)7/h2-8,14,23,25H,9-10H2,1H3,(H,26,27)(H,28,29)(H4,21,22,24);(H,6,7). The van der Waals surface area contributed by atoms with E-state index in [9.17, 15) is 36.0 Å². The highest BCUT2D eigenvalue weighted by atomic mass is 32.2. The average Bonchev–Trinajstić information content (AvgIpc) is 2.87. The number of methoxy groups -OCH3 is 1. The van der Waals surface area contributed by atoms with E-state index in [0.717, 1.165) is 0 Å². The van der Waals surface area contributed by atoms with E-state index in [2.05, 4.69) is 9.71 Å². The molecule has 230 valence electrons. The van der Waals surface area contributed by atoms with E-state index in [4.69, 9.17) is 41.1 Å². The van der Waals surface area contributed by atoms with Gasteiger partial charge >= 0.3 is 30.1 Å². The molecule has 2 aromatic carbocycles. The number of nitrogens with one attached hydrogen (secondary N) is 2. The van der Waals surface area contributed by atoms with Crippen LogP contribution in [0.5, 0.6) is 11.5 Å². The Hall–Kier alpha value is -4.95. The number of carbonyl (C=O) groups excluding carboxylic acids is 1. The van der Waals surface area contributed by atoms with Gasteiger partial charge in [-0.05, 0) is 42.0 Å². The monoisotopic (exact) mass is 623 g/mol. The molecule has 1 atom stereocenters. The molecule has 0 aliphatic heterocycles. The Morgan fingerprint density at radius 3 is 2.02 bits per heavy atom. The van der Waals surface area contributed by atoms with E-state index in [1.165, 1.54) is 49.6 Å². The first kappa shape index (κ1) is 35.1. The van der Waals surface area contributed by atoms with Crippen LogP contribution in [0.4, 0.5) is 18.9 Å². The highest BCUT2D eigenvalue weighted by molar-refractivity contribution is 7.87. The number of nitrogens with two attached hydrogens (primary N) is 2. The first-order chi connectivity index (χ1) is 19.3. The number of hydrogen-bond acceptors (Lipinski definition) is 9. The molecule has 42 heavy (non-hydrogen) atoms. The Bertz CT molecular complexity index is 1430. The summed E-state index contributed by atoms with van der Waals surface area (Å²) in [6.07, 6.45) is -6.03. The largest absolute Gasteiger partial charge is 0.493 e. The number of ether oxygens (including phenoxy) is 2. The minimum atomic E-state index is -5.08. The lowest BCUT2D eigenvalue weighted by molar-refractivity contribution is -0.192. The second-order valence-electron chi connectivity index (χ2n) is 7.69. The summed E-state index contributed by atoms with van der Waals surface area (Å²) in [5.41, 5.74) is 11.6. The minimum Gasteiger partial charge on any atom is -0.493 e. The van der Waals surface area contributed by atoms with Crippen molar-refractivity contribution in [1.82, 2.24) is 9.44 Å². The Balaban J connectivity index is 0.00000112. The molecule has 20 heteroatoms. The van der Waals surface area contributed by atoms with E-state index in [1.54, 1.807) is 4.72 Å². The molecule has 16 nitrogen and oxygen atoms in total. The molecular formula is C22H24F3N5O11S. The van der Waals surface area contributed by atoms with Crippen LogP contribution < -0.4 is 30.4 Å². The fraction of sp³-hybridized carbons (Fsp3) is 0.227. The third-order valence-corrected chi connectivity index (χ3v) is 5.59. The van der Waals surface area contributed by atoms with Crippen molar-refractivity contribution >= 4 is 45.7 Å². The van der Waals surface area contributed by atoms with Gasteiger partial charge in [0.2, 0.25) is 0 Å². The van der Waals surface area contributed by atoms with Gasteiger partial charge in [-0.2, -0.15) is 31.0 Å². The third-order valence-electron chi connectivity index (χ3n) is 4.47. The summed E-state index contributed by atoms with van der Waals surface area (Å²) in [6, 6.07) is 8.33. The van der Waals surface area contributed by atoms with E-state index in [-0.39, 0.29) is 29.6 Å².